The molecule has 1 N–H and O–H groups in total. The first kappa shape index (κ1) is 25.0. The molecule has 0 radical (unpaired) electrons. The van der Waals surface area contributed by atoms with Crippen molar-refractivity contribution in [2.24, 2.45) is 5.92 Å². The molecule has 3 aromatic carbocycles. The van der Waals surface area contributed by atoms with Gasteiger partial charge in [-0.1, -0.05) is 78.7 Å². The van der Waals surface area contributed by atoms with E-state index < -0.39 is 17.7 Å². The Labute approximate surface area is 223 Å². The van der Waals surface area contributed by atoms with Gasteiger partial charge in [-0.05, 0) is 48.7 Å². The van der Waals surface area contributed by atoms with Crippen LogP contribution in [0.1, 0.15) is 36.6 Å². The number of hydrogen-bond acceptors (Lipinski definition) is 6. The summed E-state index contributed by atoms with van der Waals surface area (Å²) in [5.74, 6) is -0.874. The summed E-state index contributed by atoms with van der Waals surface area (Å²) in [5, 5.41) is 12.4. The molecule has 0 saturated carbocycles. The number of Topliss-reactive ketones (excluding diaryl/α,β-unsaturated/α-hetero) is 1. The third-order valence-electron chi connectivity index (χ3n) is 6.04. The molecule has 1 saturated heterocycles. The van der Waals surface area contributed by atoms with Crippen LogP contribution < -0.4 is 9.64 Å². The molecule has 5 rings (SSSR count). The highest BCUT2D eigenvalue weighted by atomic mass is 35.5. The molecular weight excluding hydrogens is 508 g/mol. The normalized spacial score (nSPS) is 17.2. The summed E-state index contributed by atoms with van der Waals surface area (Å²) in [7, 11) is 0. The highest BCUT2D eigenvalue weighted by Crippen LogP contribution is 2.44. The van der Waals surface area contributed by atoms with Crippen molar-refractivity contribution in [3.63, 3.8) is 0 Å². The first-order chi connectivity index (χ1) is 17.7. The second-order valence-corrected chi connectivity index (χ2v) is 10.9. The van der Waals surface area contributed by atoms with E-state index >= 15 is 0 Å². The molecule has 1 aliphatic heterocycles. The van der Waals surface area contributed by atoms with Crippen LogP contribution in [0.15, 0.2) is 72.3 Å². The molecule has 188 valence electrons. The fourth-order valence-electron chi connectivity index (χ4n) is 4.33. The molecule has 1 unspecified atom stereocenters. The number of aliphatic hydroxyl groups excluding tert-OH is 1. The summed E-state index contributed by atoms with van der Waals surface area (Å²) in [6, 6.07) is 18.9. The predicted octanol–water partition coefficient (Wildman–Crippen LogP) is 6.92. The van der Waals surface area contributed by atoms with Gasteiger partial charge in [0.15, 0.2) is 5.13 Å². The highest BCUT2D eigenvalue weighted by molar-refractivity contribution is 7.22. The van der Waals surface area contributed by atoms with Crippen LogP contribution >= 0.6 is 22.9 Å². The van der Waals surface area contributed by atoms with Gasteiger partial charge < -0.3 is 9.84 Å². The van der Waals surface area contributed by atoms with Crippen molar-refractivity contribution in [1.82, 2.24) is 4.98 Å². The van der Waals surface area contributed by atoms with Gasteiger partial charge in [0.2, 0.25) is 0 Å². The minimum atomic E-state index is -0.851. The van der Waals surface area contributed by atoms with E-state index in [2.05, 4.69) is 4.98 Å². The lowest BCUT2D eigenvalue weighted by atomic mass is 9.94. The van der Waals surface area contributed by atoms with Crippen LogP contribution in [0.4, 0.5) is 5.13 Å². The van der Waals surface area contributed by atoms with Crippen LogP contribution in [0.2, 0.25) is 5.02 Å². The molecule has 1 atom stereocenters. The number of nitrogens with zero attached hydrogens (tertiary/aromatic N) is 2. The van der Waals surface area contributed by atoms with Gasteiger partial charge in [-0.3, -0.25) is 14.5 Å². The number of carbonyl (C=O) groups is 2. The zero-order chi connectivity index (χ0) is 26.3. The van der Waals surface area contributed by atoms with E-state index in [4.69, 9.17) is 16.3 Å². The van der Waals surface area contributed by atoms with Crippen LogP contribution in [0, 0.1) is 12.8 Å². The van der Waals surface area contributed by atoms with Crippen molar-refractivity contribution in [2.75, 3.05) is 11.5 Å². The molecule has 1 amide bonds. The molecule has 6 nitrogen and oxygen atoms in total. The van der Waals surface area contributed by atoms with Gasteiger partial charge in [-0.2, -0.15) is 0 Å². The van der Waals surface area contributed by atoms with Gasteiger partial charge in [0.1, 0.15) is 11.5 Å². The van der Waals surface area contributed by atoms with Gasteiger partial charge in [0.25, 0.3) is 5.78 Å². The summed E-state index contributed by atoms with van der Waals surface area (Å²) >= 11 is 7.43. The zero-order valence-electron chi connectivity index (χ0n) is 20.6. The fourth-order valence-corrected chi connectivity index (χ4v) is 5.59. The molecule has 1 aliphatic rings. The largest absolute Gasteiger partial charge is 0.507 e. The van der Waals surface area contributed by atoms with E-state index in [0.717, 1.165) is 10.3 Å². The molecule has 0 aliphatic carbocycles. The second-order valence-electron chi connectivity index (χ2n) is 9.42. The molecule has 37 heavy (non-hydrogen) atoms. The molecule has 2 heterocycles. The lowest BCUT2D eigenvalue weighted by molar-refractivity contribution is -0.132. The molecule has 1 aromatic heterocycles. The predicted molar refractivity (Wildman–Crippen MR) is 147 cm³/mol. The van der Waals surface area contributed by atoms with Gasteiger partial charge in [-0.15, -0.1) is 0 Å². The second kappa shape index (κ2) is 10.00. The summed E-state index contributed by atoms with van der Waals surface area (Å²) in [5.41, 5.74) is 2.74. The lowest BCUT2D eigenvalue weighted by Crippen LogP contribution is -2.29. The Kier molecular flexibility index (Phi) is 6.75. The maximum absolute atomic E-state index is 13.5. The Hall–Kier alpha value is -3.68. The van der Waals surface area contributed by atoms with Crippen molar-refractivity contribution in [1.29, 1.82) is 0 Å². The SMILES string of the molecule is Cc1cccc(C2/C(=C(\O)c3cccc(OCC(C)C)c3)C(=O)C(=O)N2c2nc3ccc(Cl)cc3s2)c1. The van der Waals surface area contributed by atoms with Crippen LogP contribution in [0.25, 0.3) is 16.0 Å². The van der Waals surface area contributed by atoms with Crippen molar-refractivity contribution in [3.05, 3.63) is 94.0 Å². The fraction of sp³-hybridized carbons (Fsp3) is 0.207. The number of ether oxygens (including phenoxy) is 1. The first-order valence-corrected chi connectivity index (χ1v) is 13.1. The number of halogens is 1. The highest BCUT2D eigenvalue weighted by Gasteiger charge is 2.48. The number of aromatic nitrogens is 1. The minimum absolute atomic E-state index is 0.00824. The maximum Gasteiger partial charge on any atom is 0.301 e. The summed E-state index contributed by atoms with van der Waals surface area (Å²) in [6.07, 6.45) is 0. The van der Waals surface area contributed by atoms with E-state index in [1.807, 2.05) is 45.0 Å². The third-order valence-corrected chi connectivity index (χ3v) is 7.29. The van der Waals surface area contributed by atoms with Gasteiger partial charge in [0, 0.05) is 10.6 Å². The Morgan fingerprint density at radius 3 is 2.65 bits per heavy atom. The van der Waals surface area contributed by atoms with Gasteiger partial charge >= 0.3 is 5.91 Å². The number of ketones is 1. The summed E-state index contributed by atoms with van der Waals surface area (Å²) in [4.78, 5) is 32.9. The molecule has 1 fully saturated rings. The number of hydrogen-bond donors (Lipinski definition) is 1. The zero-order valence-corrected chi connectivity index (χ0v) is 22.1. The van der Waals surface area contributed by atoms with E-state index in [1.165, 1.54) is 16.2 Å². The number of aliphatic hydroxyl groups is 1. The number of aryl methyl sites for hydroxylation is 1. The molecule has 4 aromatic rings. The van der Waals surface area contributed by atoms with Crippen LogP contribution in [-0.2, 0) is 9.59 Å². The number of benzene rings is 3. The molecular formula is C29H25ClN2O4S. The number of carbonyl (C=O) groups excluding carboxylic acids is 2. The van der Waals surface area contributed by atoms with Gasteiger partial charge in [-0.25, -0.2) is 4.98 Å². The minimum Gasteiger partial charge on any atom is -0.507 e. The maximum atomic E-state index is 13.5. The van der Waals surface area contributed by atoms with E-state index in [0.29, 0.717) is 45.1 Å². The summed E-state index contributed by atoms with van der Waals surface area (Å²) in [6.45, 7) is 6.54. The number of rotatable bonds is 6. The number of fused-ring (bicyclic) bond motifs is 1. The van der Waals surface area contributed by atoms with E-state index in [1.54, 1.807) is 42.5 Å². The van der Waals surface area contributed by atoms with Crippen molar-refractivity contribution >= 4 is 55.7 Å². The third kappa shape index (κ3) is 4.84. The van der Waals surface area contributed by atoms with E-state index in [9.17, 15) is 14.7 Å². The standard InChI is InChI=1S/C29H25ClN2O4S/c1-16(2)15-36-21-9-5-8-19(13-21)26(33)24-25(18-7-4-6-17(3)12-18)32(28(35)27(24)34)29-31-22-11-10-20(30)14-23(22)37-29/h4-14,16,25,33H,15H2,1-3H3/b26-24+. The molecule has 0 spiro atoms. The average Bonchev–Trinajstić information content (AvgIpc) is 3.40. The number of anilines is 1. The number of thiazole rings is 1. The Morgan fingerprint density at radius 1 is 1.11 bits per heavy atom. The van der Waals surface area contributed by atoms with Crippen molar-refractivity contribution in [2.45, 2.75) is 26.8 Å². The van der Waals surface area contributed by atoms with E-state index in [-0.39, 0.29) is 11.3 Å². The quantitative estimate of drug-likeness (QED) is 0.166. The Balaban J connectivity index is 1.67. The van der Waals surface area contributed by atoms with Gasteiger partial charge in [0.05, 0.1) is 28.4 Å². The number of amides is 1. The Bertz CT molecular complexity index is 1560. The Morgan fingerprint density at radius 2 is 1.89 bits per heavy atom. The van der Waals surface area contributed by atoms with Crippen LogP contribution in [0.3, 0.4) is 0 Å². The van der Waals surface area contributed by atoms with Crippen molar-refractivity contribution < 1.29 is 19.4 Å². The monoisotopic (exact) mass is 532 g/mol. The topological polar surface area (TPSA) is 79.7 Å². The molecule has 0 bridgehead atoms. The summed E-state index contributed by atoms with van der Waals surface area (Å²) < 4.78 is 6.61. The van der Waals surface area contributed by atoms with Crippen molar-refractivity contribution in [3.8, 4) is 5.75 Å². The smallest absolute Gasteiger partial charge is 0.301 e. The first-order valence-electron chi connectivity index (χ1n) is 11.9. The average molecular weight is 533 g/mol. The molecule has 8 heteroatoms. The van der Waals surface area contributed by atoms with Crippen LogP contribution in [-0.4, -0.2) is 28.4 Å². The lowest BCUT2D eigenvalue weighted by Gasteiger charge is -2.23. The van der Waals surface area contributed by atoms with Crippen LogP contribution in [0.5, 0.6) is 5.75 Å².